The zero-order chi connectivity index (χ0) is 21.2. The summed E-state index contributed by atoms with van der Waals surface area (Å²) in [6.45, 7) is 3.93. The molecular formula is C29H27NO. The van der Waals surface area contributed by atoms with Crippen molar-refractivity contribution in [1.82, 2.24) is 4.90 Å². The summed E-state index contributed by atoms with van der Waals surface area (Å²) in [6, 6.07) is 34.9. The second-order valence-electron chi connectivity index (χ2n) is 8.41. The van der Waals surface area contributed by atoms with E-state index in [1.54, 1.807) is 0 Å². The van der Waals surface area contributed by atoms with Crippen molar-refractivity contribution < 1.29 is 5.11 Å². The van der Waals surface area contributed by atoms with E-state index in [1.165, 1.54) is 44.5 Å². The van der Waals surface area contributed by atoms with Gasteiger partial charge in [0.25, 0.3) is 0 Å². The van der Waals surface area contributed by atoms with Crippen LogP contribution in [0.2, 0.25) is 0 Å². The van der Waals surface area contributed by atoms with Gasteiger partial charge in [-0.15, -0.1) is 0 Å². The Morgan fingerprint density at radius 1 is 0.645 bits per heavy atom. The van der Waals surface area contributed by atoms with Gasteiger partial charge in [-0.05, 0) is 63.6 Å². The number of hydrogen-bond acceptors (Lipinski definition) is 2. The fraction of sp³-hybridized carbons (Fsp3) is 0.172. The number of hydrogen-bond donors (Lipinski definition) is 1. The predicted molar refractivity (Wildman–Crippen MR) is 129 cm³/mol. The molecule has 1 aliphatic rings. The van der Waals surface area contributed by atoms with Crippen molar-refractivity contribution in [3.8, 4) is 33.4 Å². The first-order chi connectivity index (χ1) is 15.2. The Hall–Kier alpha value is -3.20. The minimum Gasteiger partial charge on any atom is -0.395 e. The molecule has 31 heavy (non-hydrogen) atoms. The van der Waals surface area contributed by atoms with Crippen molar-refractivity contribution >= 4 is 0 Å². The van der Waals surface area contributed by atoms with Crippen molar-refractivity contribution in [1.29, 1.82) is 0 Å². The van der Waals surface area contributed by atoms with Gasteiger partial charge >= 0.3 is 0 Å². The minimum absolute atomic E-state index is 0.112. The Morgan fingerprint density at radius 2 is 1.10 bits per heavy atom. The van der Waals surface area contributed by atoms with E-state index in [0.717, 1.165) is 13.1 Å². The monoisotopic (exact) mass is 405 g/mol. The second kappa shape index (κ2) is 8.50. The molecule has 0 radical (unpaired) electrons. The molecule has 154 valence electrons. The highest BCUT2D eigenvalue weighted by molar-refractivity contribution is 5.81. The van der Waals surface area contributed by atoms with Gasteiger partial charge in [-0.2, -0.15) is 0 Å². The first kappa shape index (κ1) is 19.7. The van der Waals surface area contributed by atoms with E-state index < -0.39 is 0 Å². The van der Waals surface area contributed by atoms with E-state index in [2.05, 4.69) is 109 Å². The van der Waals surface area contributed by atoms with Crippen molar-refractivity contribution in [2.24, 2.45) is 0 Å². The van der Waals surface area contributed by atoms with E-state index in [-0.39, 0.29) is 12.6 Å². The normalized spacial score (nSPS) is 14.4. The maximum Gasteiger partial charge on any atom is 0.0584 e. The summed E-state index contributed by atoms with van der Waals surface area (Å²) >= 11 is 0. The Labute approximate surface area is 184 Å². The number of benzene rings is 4. The van der Waals surface area contributed by atoms with Gasteiger partial charge in [-0.25, -0.2) is 0 Å². The predicted octanol–water partition coefficient (Wildman–Crippen LogP) is 6.38. The molecule has 2 nitrogen and oxygen atoms in total. The maximum atomic E-state index is 9.82. The van der Waals surface area contributed by atoms with Crippen LogP contribution in [0.5, 0.6) is 0 Å². The van der Waals surface area contributed by atoms with E-state index in [0.29, 0.717) is 0 Å². The molecule has 0 spiro atoms. The Balaban J connectivity index is 1.68. The molecule has 0 fully saturated rings. The zero-order valence-electron chi connectivity index (χ0n) is 17.8. The molecule has 1 heterocycles. The molecule has 0 amide bonds. The van der Waals surface area contributed by atoms with Crippen LogP contribution < -0.4 is 0 Å². The number of aliphatic hydroxyl groups excluding tert-OH is 1. The Bertz CT molecular complexity index is 1090. The molecule has 4 aromatic rings. The standard InChI is InChI=1S/C29H27NO/c1-21(20-31)30-18-26-14-12-24(22-8-4-2-5-9-22)16-28(26)29-17-25(13-15-27(29)19-30)23-10-6-3-7-11-23/h2-17,21,31H,18-20H2,1H3/t21-/m0/s1. The number of rotatable bonds is 4. The molecule has 1 atom stereocenters. The third-order valence-electron chi connectivity index (χ3n) is 6.36. The van der Waals surface area contributed by atoms with Crippen LogP contribution in [0.1, 0.15) is 18.1 Å². The minimum atomic E-state index is 0.112. The Morgan fingerprint density at radius 3 is 1.52 bits per heavy atom. The summed E-state index contributed by atoms with van der Waals surface area (Å²) in [4.78, 5) is 2.37. The average Bonchev–Trinajstić information content (AvgIpc) is 3.00. The van der Waals surface area contributed by atoms with E-state index in [1.807, 2.05) is 0 Å². The van der Waals surface area contributed by atoms with Crippen LogP contribution in [-0.2, 0) is 13.1 Å². The average molecular weight is 406 g/mol. The maximum absolute atomic E-state index is 9.82. The SMILES string of the molecule is C[C@@H](CO)N1Cc2ccc(-c3ccccc3)cc2-c2cc(-c3ccccc3)ccc2C1. The number of nitrogens with zero attached hydrogens (tertiary/aromatic N) is 1. The summed E-state index contributed by atoms with van der Waals surface area (Å²) in [5.41, 5.74) is 10.1. The van der Waals surface area contributed by atoms with Gasteiger partial charge in [0.2, 0.25) is 0 Å². The van der Waals surface area contributed by atoms with Crippen LogP contribution in [0.3, 0.4) is 0 Å². The lowest BCUT2D eigenvalue weighted by Gasteiger charge is -2.26. The van der Waals surface area contributed by atoms with Gasteiger partial charge in [-0.1, -0.05) is 84.9 Å². The van der Waals surface area contributed by atoms with Crippen molar-refractivity contribution in [2.45, 2.75) is 26.1 Å². The van der Waals surface area contributed by atoms with Crippen LogP contribution >= 0.6 is 0 Å². The number of fused-ring (bicyclic) bond motifs is 3. The first-order valence-electron chi connectivity index (χ1n) is 10.9. The molecule has 1 N–H and O–H groups in total. The molecule has 4 aromatic carbocycles. The van der Waals surface area contributed by atoms with Gasteiger partial charge in [0.05, 0.1) is 6.61 Å². The molecule has 0 aromatic heterocycles. The lowest BCUT2D eigenvalue weighted by atomic mass is 9.90. The molecular weight excluding hydrogens is 378 g/mol. The summed E-state index contributed by atoms with van der Waals surface area (Å²) in [5.74, 6) is 0. The third-order valence-corrected chi connectivity index (χ3v) is 6.36. The molecule has 0 unspecified atom stereocenters. The molecule has 0 saturated carbocycles. The molecule has 5 rings (SSSR count). The second-order valence-corrected chi connectivity index (χ2v) is 8.41. The molecule has 0 bridgehead atoms. The van der Waals surface area contributed by atoms with Gasteiger partial charge in [0, 0.05) is 19.1 Å². The van der Waals surface area contributed by atoms with Crippen molar-refractivity contribution in [3.05, 3.63) is 108 Å². The lowest BCUT2D eigenvalue weighted by Crippen LogP contribution is -2.34. The van der Waals surface area contributed by atoms with Crippen LogP contribution in [0.4, 0.5) is 0 Å². The first-order valence-corrected chi connectivity index (χ1v) is 10.9. The van der Waals surface area contributed by atoms with Gasteiger partial charge in [-0.3, -0.25) is 4.90 Å². The topological polar surface area (TPSA) is 23.5 Å². The van der Waals surface area contributed by atoms with Crippen LogP contribution in [0.25, 0.3) is 33.4 Å². The largest absolute Gasteiger partial charge is 0.395 e. The van der Waals surface area contributed by atoms with Crippen LogP contribution in [0.15, 0.2) is 97.1 Å². The zero-order valence-corrected chi connectivity index (χ0v) is 17.8. The van der Waals surface area contributed by atoms with E-state index in [4.69, 9.17) is 0 Å². The fourth-order valence-corrected chi connectivity index (χ4v) is 4.47. The third kappa shape index (κ3) is 3.93. The summed E-state index contributed by atoms with van der Waals surface area (Å²) in [7, 11) is 0. The smallest absolute Gasteiger partial charge is 0.0584 e. The highest BCUT2D eigenvalue weighted by atomic mass is 16.3. The quantitative estimate of drug-likeness (QED) is 0.426. The van der Waals surface area contributed by atoms with Crippen LogP contribution in [0, 0.1) is 0 Å². The van der Waals surface area contributed by atoms with Gasteiger partial charge < -0.3 is 5.11 Å². The highest BCUT2D eigenvalue weighted by Gasteiger charge is 2.23. The van der Waals surface area contributed by atoms with Crippen molar-refractivity contribution in [2.75, 3.05) is 6.61 Å². The summed E-state index contributed by atoms with van der Waals surface area (Å²) in [5, 5.41) is 9.82. The van der Waals surface area contributed by atoms with Gasteiger partial charge in [0.15, 0.2) is 0 Å². The van der Waals surface area contributed by atoms with Gasteiger partial charge in [0.1, 0.15) is 0 Å². The van der Waals surface area contributed by atoms with Crippen LogP contribution in [-0.4, -0.2) is 22.7 Å². The highest BCUT2D eigenvalue weighted by Crippen LogP contribution is 2.38. The molecule has 0 saturated heterocycles. The Kier molecular flexibility index (Phi) is 5.42. The molecule has 2 heteroatoms. The van der Waals surface area contributed by atoms with E-state index >= 15 is 0 Å². The number of aliphatic hydroxyl groups is 1. The lowest BCUT2D eigenvalue weighted by molar-refractivity contribution is 0.123. The fourth-order valence-electron chi connectivity index (χ4n) is 4.47. The van der Waals surface area contributed by atoms with Crippen molar-refractivity contribution in [3.63, 3.8) is 0 Å². The summed E-state index contributed by atoms with van der Waals surface area (Å²) < 4.78 is 0. The molecule has 1 aliphatic heterocycles. The van der Waals surface area contributed by atoms with E-state index in [9.17, 15) is 5.11 Å². The molecule has 0 aliphatic carbocycles. The summed E-state index contributed by atoms with van der Waals surface area (Å²) in [6.07, 6.45) is 0.